The molecule has 0 saturated heterocycles. The maximum Gasteiger partial charge on any atom is 0.318 e. The van der Waals surface area contributed by atoms with Gasteiger partial charge in [-0.1, -0.05) is 6.07 Å². The van der Waals surface area contributed by atoms with Crippen molar-refractivity contribution in [2.45, 2.75) is 51.2 Å². The zero-order valence-electron chi connectivity index (χ0n) is 13.2. The number of hydrogen-bond acceptors (Lipinski definition) is 4. The highest BCUT2D eigenvalue weighted by Crippen LogP contribution is 2.42. The minimum atomic E-state index is 0.0747. The maximum absolute atomic E-state index is 12.9. The number of aryl methyl sites for hydroxylation is 1. The summed E-state index contributed by atoms with van der Waals surface area (Å²) in [6, 6.07) is 4.73. The van der Waals surface area contributed by atoms with Crippen molar-refractivity contribution in [1.29, 1.82) is 0 Å². The molecule has 0 unspecified atom stereocenters. The van der Waals surface area contributed by atoms with Gasteiger partial charge in [-0.05, 0) is 50.0 Å². The number of rotatable bonds is 6. The second-order valence-corrected chi connectivity index (χ2v) is 8.45. The SMILES string of the molecule is Cc1csc([C@H](NC(=O)N(Cc2cccs2)C2CC2)C2CC2)n1. The molecule has 2 aliphatic carbocycles. The predicted molar refractivity (Wildman–Crippen MR) is 93.7 cm³/mol. The molecule has 0 radical (unpaired) electrons. The van der Waals surface area contributed by atoms with Gasteiger partial charge >= 0.3 is 6.03 Å². The Hall–Kier alpha value is -1.40. The third-order valence-electron chi connectivity index (χ3n) is 4.43. The average Bonchev–Trinajstić information content (AvgIpc) is 3.46. The lowest BCUT2D eigenvalue weighted by atomic mass is 10.2. The molecule has 1 atom stereocenters. The Balaban J connectivity index is 1.47. The van der Waals surface area contributed by atoms with E-state index in [9.17, 15) is 4.79 Å². The van der Waals surface area contributed by atoms with Gasteiger partial charge in [0.2, 0.25) is 0 Å². The molecule has 0 spiro atoms. The molecule has 2 fully saturated rings. The Labute approximate surface area is 144 Å². The van der Waals surface area contributed by atoms with Crippen LogP contribution in [0.3, 0.4) is 0 Å². The van der Waals surface area contributed by atoms with E-state index in [0.29, 0.717) is 12.0 Å². The molecule has 1 N–H and O–H groups in total. The molecule has 2 aromatic heterocycles. The number of carbonyl (C=O) groups excluding carboxylic acids is 1. The maximum atomic E-state index is 12.9. The van der Waals surface area contributed by atoms with Crippen LogP contribution in [0.1, 0.15) is 47.3 Å². The van der Waals surface area contributed by atoms with Crippen molar-refractivity contribution >= 4 is 28.7 Å². The van der Waals surface area contributed by atoms with E-state index in [0.717, 1.165) is 30.1 Å². The van der Waals surface area contributed by atoms with Gasteiger partial charge in [0.25, 0.3) is 0 Å². The first-order valence-corrected chi connectivity index (χ1v) is 9.98. The smallest absolute Gasteiger partial charge is 0.318 e. The van der Waals surface area contributed by atoms with Gasteiger partial charge in [-0.2, -0.15) is 0 Å². The molecule has 4 nitrogen and oxygen atoms in total. The third-order valence-corrected chi connectivity index (χ3v) is 6.34. The van der Waals surface area contributed by atoms with Crippen molar-refractivity contribution in [2.24, 2.45) is 5.92 Å². The molecule has 0 aliphatic heterocycles. The Bertz CT molecular complexity index is 674. The fourth-order valence-corrected chi connectivity index (χ4v) is 4.51. The van der Waals surface area contributed by atoms with Crippen LogP contribution >= 0.6 is 22.7 Å². The van der Waals surface area contributed by atoms with Gasteiger partial charge in [0.15, 0.2) is 0 Å². The molecule has 2 aromatic rings. The molecule has 23 heavy (non-hydrogen) atoms. The highest BCUT2D eigenvalue weighted by Gasteiger charge is 2.38. The molecule has 2 aliphatic rings. The van der Waals surface area contributed by atoms with Crippen molar-refractivity contribution < 1.29 is 4.79 Å². The number of amides is 2. The number of carbonyl (C=O) groups is 1. The van der Waals surface area contributed by atoms with Gasteiger partial charge in [-0.3, -0.25) is 0 Å². The summed E-state index contributed by atoms with van der Waals surface area (Å²) < 4.78 is 0. The van der Waals surface area contributed by atoms with E-state index in [1.54, 1.807) is 22.7 Å². The van der Waals surface area contributed by atoms with Crippen LogP contribution in [0.2, 0.25) is 0 Å². The molecule has 122 valence electrons. The molecule has 0 aromatic carbocycles. The Kier molecular flexibility index (Phi) is 4.11. The van der Waals surface area contributed by atoms with Crippen LogP contribution < -0.4 is 5.32 Å². The fourth-order valence-electron chi connectivity index (χ4n) is 2.87. The van der Waals surface area contributed by atoms with E-state index in [-0.39, 0.29) is 12.1 Å². The van der Waals surface area contributed by atoms with Gasteiger partial charge in [0, 0.05) is 22.0 Å². The second kappa shape index (κ2) is 6.24. The summed E-state index contributed by atoms with van der Waals surface area (Å²) in [5.41, 5.74) is 1.04. The topological polar surface area (TPSA) is 45.2 Å². The lowest BCUT2D eigenvalue weighted by molar-refractivity contribution is 0.187. The summed E-state index contributed by atoms with van der Waals surface area (Å²) in [6.45, 7) is 2.74. The Morgan fingerprint density at radius 2 is 2.22 bits per heavy atom. The van der Waals surface area contributed by atoms with Gasteiger partial charge in [-0.15, -0.1) is 22.7 Å². The highest BCUT2D eigenvalue weighted by atomic mass is 32.1. The quantitative estimate of drug-likeness (QED) is 0.845. The minimum Gasteiger partial charge on any atom is -0.328 e. The second-order valence-electron chi connectivity index (χ2n) is 6.53. The van der Waals surface area contributed by atoms with Crippen LogP contribution in [0.4, 0.5) is 4.79 Å². The minimum absolute atomic E-state index is 0.0747. The van der Waals surface area contributed by atoms with E-state index in [2.05, 4.69) is 27.1 Å². The van der Waals surface area contributed by atoms with Crippen LogP contribution in [-0.2, 0) is 6.54 Å². The molecule has 4 rings (SSSR count). The fraction of sp³-hybridized carbons (Fsp3) is 0.529. The summed E-state index contributed by atoms with van der Waals surface area (Å²) in [7, 11) is 0. The molecule has 2 heterocycles. The summed E-state index contributed by atoms with van der Waals surface area (Å²) in [5, 5.41) is 8.49. The summed E-state index contributed by atoms with van der Waals surface area (Å²) >= 11 is 3.39. The van der Waals surface area contributed by atoms with Gasteiger partial charge in [-0.25, -0.2) is 9.78 Å². The molecular weight excluding hydrogens is 326 g/mol. The zero-order valence-corrected chi connectivity index (χ0v) is 14.8. The van der Waals surface area contributed by atoms with Crippen molar-refractivity contribution in [3.63, 3.8) is 0 Å². The normalized spacial score (nSPS) is 18.7. The third kappa shape index (κ3) is 3.58. The lowest BCUT2D eigenvalue weighted by Crippen LogP contribution is -2.43. The van der Waals surface area contributed by atoms with Crippen molar-refractivity contribution in [2.75, 3.05) is 0 Å². The van der Waals surface area contributed by atoms with E-state index in [4.69, 9.17) is 0 Å². The average molecular weight is 348 g/mol. The van der Waals surface area contributed by atoms with Crippen molar-refractivity contribution in [3.05, 3.63) is 38.5 Å². The molecule has 0 bridgehead atoms. The van der Waals surface area contributed by atoms with Gasteiger partial charge in [0.1, 0.15) is 5.01 Å². The largest absolute Gasteiger partial charge is 0.328 e. The van der Waals surface area contributed by atoms with E-state index in [1.807, 2.05) is 17.9 Å². The first-order valence-electron chi connectivity index (χ1n) is 8.22. The van der Waals surface area contributed by atoms with Gasteiger partial charge < -0.3 is 10.2 Å². The van der Waals surface area contributed by atoms with Crippen LogP contribution in [0, 0.1) is 12.8 Å². The van der Waals surface area contributed by atoms with Gasteiger partial charge in [0.05, 0.1) is 12.6 Å². The monoisotopic (exact) mass is 347 g/mol. The Morgan fingerprint density at radius 3 is 2.78 bits per heavy atom. The molecule has 2 amide bonds. The molecular formula is C17H21N3OS2. The van der Waals surface area contributed by atoms with Crippen molar-refractivity contribution in [3.8, 4) is 0 Å². The summed E-state index contributed by atoms with van der Waals surface area (Å²) in [5.74, 6) is 0.562. The number of thiophene rings is 1. The number of nitrogens with one attached hydrogen (secondary N) is 1. The first kappa shape index (κ1) is 15.1. The number of nitrogens with zero attached hydrogens (tertiary/aromatic N) is 2. The van der Waals surface area contributed by atoms with E-state index < -0.39 is 0 Å². The lowest BCUT2D eigenvalue weighted by Gasteiger charge is -2.25. The number of aromatic nitrogens is 1. The summed E-state index contributed by atoms with van der Waals surface area (Å²) in [6.07, 6.45) is 4.64. The highest BCUT2D eigenvalue weighted by molar-refractivity contribution is 7.10. The first-order chi connectivity index (χ1) is 11.2. The Morgan fingerprint density at radius 1 is 1.39 bits per heavy atom. The standard InChI is InChI=1S/C17H21N3OS2/c1-11-10-23-16(18-11)15(12-4-5-12)19-17(21)20(13-6-7-13)9-14-3-2-8-22-14/h2-3,8,10,12-13,15H,4-7,9H2,1H3,(H,19,21)/t15-/m1/s1. The van der Waals surface area contributed by atoms with Crippen LogP contribution in [-0.4, -0.2) is 22.0 Å². The van der Waals surface area contributed by atoms with E-state index in [1.165, 1.54) is 17.7 Å². The van der Waals surface area contributed by atoms with E-state index >= 15 is 0 Å². The molecule has 2 saturated carbocycles. The van der Waals surface area contributed by atoms with Crippen LogP contribution in [0.25, 0.3) is 0 Å². The van der Waals surface area contributed by atoms with Crippen LogP contribution in [0.15, 0.2) is 22.9 Å². The number of thiazole rings is 1. The number of hydrogen-bond donors (Lipinski definition) is 1. The van der Waals surface area contributed by atoms with Crippen molar-refractivity contribution in [1.82, 2.24) is 15.2 Å². The predicted octanol–water partition coefficient (Wildman–Crippen LogP) is 4.34. The summed E-state index contributed by atoms with van der Waals surface area (Å²) in [4.78, 5) is 20.7. The number of urea groups is 1. The van der Waals surface area contributed by atoms with Crippen LogP contribution in [0.5, 0.6) is 0 Å². The zero-order chi connectivity index (χ0) is 15.8. The molecule has 6 heteroatoms.